The Labute approximate surface area is 217 Å². The average molecular weight is 551 g/mol. The standard InChI is InChI=1S/C22H30N7O8P/c1-12(19(31)32)27-38(34,37-13-8-6-5-7-9-13)35-10-14-16(30)22(2,33)20(36-14)29-11-24-15-17(28(3)4)25-21(23)26-18(15)29/h5-9,11-12,14,16,20,30,33H,10H2,1-4H3,(H,27,34)(H,31,32)(H2,23,25,26)/t12?,14-,16-,20-,22-,38?/m1/s1. The molecule has 38 heavy (non-hydrogen) atoms. The molecule has 2 aromatic heterocycles. The van der Waals surface area contributed by atoms with Crippen molar-refractivity contribution in [2.45, 2.75) is 43.9 Å². The molecule has 1 aromatic carbocycles. The Balaban J connectivity index is 1.59. The maximum absolute atomic E-state index is 13.5. The predicted octanol–water partition coefficient (Wildman–Crippen LogP) is 0.750. The van der Waals surface area contributed by atoms with E-state index < -0.39 is 50.4 Å². The van der Waals surface area contributed by atoms with Crippen molar-refractivity contribution in [2.24, 2.45) is 0 Å². The predicted molar refractivity (Wildman–Crippen MR) is 135 cm³/mol. The highest BCUT2D eigenvalue weighted by molar-refractivity contribution is 7.52. The van der Waals surface area contributed by atoms with Gasteiger partial charge in [-0.2, -0.15) is 15.1 Å². The monoisotopic (exact) mass is 551 g/mol. The number of aromatic nitrogens is 4. The lowest BCUT2D eigenvalue weighted by Crippen LogP contribution is -2.44. The highest BCUT2D eigenvalue weighted by Crippen LogP contribution is 2.47. The summed E-state index contributed by atoms with van der Waals surface area (Å²) in [4.78, 5) is 25.8. The van der Waals surface area contributed by atoms with E-state index in [4.69, 9.17) is 19.5 Å². The van der Waals surface area contributed by atoms with Gasteiger partial charge < -0.3 is 35.2 Å². The summed E-state index contributed by atoms with van der Waals surface area (Å²) in [5.41, 5.74) is 4.66. The molecule has 3 aromatic rings. The molecule has 15 nitrogen and oxygen atoms in total. The summed E-state index contributed by atoms with van der Waals surface area (Å²) in [5, 5.41) is 33.7. The van der Waals surface area contributed by atoms with Crippen LogP contribution in [0.15, 0.2) is 36.7 Å². The number of carboxylic acids is 1. The van der Waals surface area contributed by atoms with Crippen LogP contribution in [-0.4, -0.2) is 85.4 Å². The van der Waals surface area contributed by atoms with Crippen LogP contribution in [0.1, 0.15) is 20.1 Å². The first-order valence-corrected chi connectivity index (χ1v) is 13.1. The van der Waals surface area contributed by atoms with E-state index in [2.05, 4.69) is 20.0 Å². The van der Waals surface area contributed by atoms with E-state index in [0.29, 0.717) is 11.3 Å². The molecule has 1 aliphatic heterocycles. The second-order valence-corrected chi connectivity index (χ2v) is 10.9. The van der Waals surface area contributed by atoms with Crippen LogP contribution in [0.5, 0.6) is 5.75 Å². The molecule has 1 saturated heterocycles. The largest absolute Gasteiger partial charge is 0.480 e. The second kappa shape index (κ2) is 10.4. The minimum Gasteiger partial charge on any atom is -0.480 e. The minimum atomic E-state index is -4.28. The van der Waals surface area contributed by atoms with Crippen LogP contribution in [0.25, 0.3) is 11.2 Å². The molecule has 6 N–H and O–H groups in total. The number of hydrogen-bond acceptors (Lipinski definition) is 12. The number of nitrogen functional groups attached to an aromatic ring is 1. The van der Waals surface area contributed by atoms with E-state index in [1.165, 1.54) is 36.9 Å². The molecule has 0 aliphatic carbocycles. The summed E-state index contributed by atoms with van der Waals surface area (Å²) in [6.07, 6.45) is -2.53. The number of carboxylic acid groups (broad SMARTS) is 1. The van der Waals surface area contributed by atoms with Crippen LogP contribution in [0.3, 0.4) is 0 Å². The van der Waals surface area contributed by atoms with Gasteiger partial charge in [-0.3, -0.25) is 13.9 Å². The number of imidazole rings is 1. The van der Waals surface area contributed by atoms with E-state index in [-0.39, 0.29) is 17.3 Å². The number of aliphatic hydroxyl groups excluding tert-OH is 1. The number of benzene rings is 1. The number of hydrogen-bond donors (Lipinski definition) is 5. The third-order valence-electron chi connectivity index (χ3n) is 5.95. The maximum Gasteiger partial charge on any atom is 0.459 e. The third-order valence-corrected chi connectivity index (χ3v) is 7.59. The highest BCUT2D eigenvalue weighted by atomic mass is 31.2. The first-order chi connectivity index (χ1) is 17.8. The second-order valence-electron chi connectivity index (χ2n) is 9.21. The van der Waals surface area contributed by atoms with Gasteiger partial charge in [-0.1, -0.05) is 18.2 Å². The molecule has 0 spiro atoms. The Bertz CT molecular complexity index is 1350. The van der Waals surface area contributed by atoms with Crippen molar-refractivity contribution < 1.29 is 38.5 Å². The number of ether oxygens (including phenoxy) is 1. The van der Waals surface area contributed by atoms with E-state index in [9.17, 15) is 24.7 Å². The first kappa shape index (κ1) is 27.7. The molecule has 6 atom stereocenters. The maximum atomic E-state index is 13.5. The molecule has 0 bridgehead atoms. The fourth-order valence-electron chi connectivity index (χ4n) is 3.95. The number of carbonyl (C=O) groups is 1. The Hall–Kier alpha value is -3.33. The third kappa shape index (κ3) is 5.43. The van der Waals surface area contributed by atoms with Crippen molar-refractivity contribution in [3.63, 3.8) is 0 Å². The van der Waals surface area contributed by atoms with Crippen LogP contribution in [0.4, 0.5) is 11.8 Å². The zero-order valence-electron chi connectivity index (χ0n) is 21.1. The van der Waals surface area contributed by atoms with Gasteiger partial charge in [0.1, 0.15) is 29.6 Å². The molecule has 0 amide bonds. The summed E-state index contributed by atoms with van der Waals surface area (Å²) < 4.78 is 31.8. The van der Waals surface area contributed by atoms with Gasteiger partial charge in [-0.05, 0) is 26.0 Å². The van der Waals surface area contributed by atoms with Crippen LogP contribution in [0.2, 0.25) is 0 Å². The lowest BCUT2D eigenvalue weighted by atomic mass is 9.96. The molecule has 1 aliphatic rings. The molecule has 3 heterocycles. The molecule has 2 unspecified atom stereocenters. The fraction of sp³-hybridized carbons (Fsp3) is 0.455. The molecule has 0 saturated carbocycles. The zero-order valence-corrected chi connectivity index (χ0v) is 22.0. The molecular weight excluding hydrogens is 521 g/mol. The summed E-state index contributed by atoms with van der Waals surface area (Å²) in [6.45, 7) is 2.11. The Morgan fingerprint density at radius 1 is 1.34 bits per heavy atom. The van der Waals surface area contributed by atoms with Gasteiger partial charge in [-0.15, -0.1) is 0 Å². The van der Waals surface area contributed by atoms with Crippen LogP contribution < -0.4 is 20.2 Å². The minimum absolute atomic E-state index is 0.0290. The summed E-state index contributed by atoms with van der Waals surface area (Å²) in [6, 6.07) is 6.74. The number of nitrogens with zero attached hydrogens (tertiary/aromatic N) is 5. The van der Waals surface area contributed by atoms with Crippen molar-refractivity contribution in [1.29, 1.82) is 0 Å². The number of nitrogens with two attached hydrogens (primary N) is 1. The van der Waals surface area contributed by atoms with E-state index >= 15 is 0 Å². The molecule has 0 radical (unpaired) electrons. The van der Waals surface area contributed by atoms with Crippen LogP contribution in [-0.2, 0) is 18.6 Å². The Morgan fingerprint density at radius 3 is 2.66 bits per heavy atom. The van der Waals surface area contributed by atoms with Crippen molar-refractivity contribution >= 4 is 36.6 Å². The number of rotatable bonds is 10. The zero-order chi connectivity index (χ0) is 27.8. The van der Waals surface area contributed by atoms with Crippen molar-refractivity contribution in [1.82, 2.24) is 24.6 Å². The number of anilines is 2. The molecule has 206 valence electrons. The lowest BCUT2D eigenvalue weighted by molar-refractivity contribution is -0.138. The van der Waals surface area contributed by atoms with Crippen LogP contribution >= 0.6 is 7.75 Å². The van der Waals surface area contributed by atoms with Gasteiger partial charge >= 0.3 is 13.7 Å². The van der Waals surface area contributed by atoms with Crippen LogP contribution in [0, 0.1) is 0 Å². The van der Waals surface area contributed by atoms with Gasteiger partial charge in [0.2, 0.25) is 5.95 Å². The first-order valence-electron chi connectivity index (χ1n) is 11.6. The Morgan fingerprint density at radius 2 is 2.03 bits per heavy atom. The molecular formula is C22H30N7O8P. The van der Waals surface area contributed by atoms with Crippen molar-refractivity contribution in [2.75, 3.05) is 31.3 Å². The van der Waals surface area contributed by atoms with Gasteiger partial charge in [0.15, 0.2) is 23.2 Å². The number of aliphatic hydroxyl groups is 2. The van der Waals surface area contributed by atoms with Gasteiger partial charge in [0, 0.05) is 14.1 Å². The summed E-state index contributed by atoms with van der Waals surface area (Å²) in [7, 11) is -0.763. The molecule has 1 fully saturated rings. The quantitative estimate of drug-likeness (QED) is 0.220. The summed E-state index contributed by atoms with van der Waals surface area (Å²) >= 11 is 0. The van der Waals surface area contributed by atoms with E-state index in [0.717, 1.165) is 0 Å². The molecule has 4 rings (SSSR count). The van der Waals surface area contributed by atoms with E-state index in [1.807, 2.05) is 0 Å². The number of aliphatic carboxylic acids is 1. The average Bonchev–Trinajstić information content (AvgIpc) is 3.35. The lowest BCUT2D eigenvalue weighted by Gasteiger charge is -2.27. The normalized spacial score (nSPS) is 25.7. The van der Waals surface area contributed by atoms with E-state index in [1.54, 1.807) is 37.2 Å². The number of fused-ring (bicyclic) bond motifs is 1. The van der Waals surface area contributed by atoms with Crippen molar-refractivity contribution in [3.8, 4) is 5.75 Å². The van der Waals surface area contributed by atoms with Gasteiger partial charge in [0.05, 0.1) is 12.9 Å². The Kier molecular flexibility index (Phi) is 7.61. The number of para-hydroxylation sites is 1. The van der Waals surface area contributed by atoms with Crippen molar-refractivity contribution in [3.05, 3.63) is 36.7 Å². The topological polar surface area (TPSA) is 207 Å². The smallest absolute Gasteiger partial charge is 0.459 e. The van der Waals surface area contributed by atoms with Gasteiger partial charge in [0.25, 0.3) is 0 Å². The SMILES string of the molecule is CC(NP(=O)(OC[C@H]1O[C@@H](n2cnc3c(N(C)C)nc(N)nc32)[C@](C)(O)[C@@H]1O)Oc1ccccc1)C(=O)O. The number of nitrogens with one attached hydrogen (secondary N) is 1. The molecule has 16 heteroatoms. The van der Waals surface area contributed by atoms with Gasteiger partial charge in [-0.25, -0.2) is 9.55 Å². The highest BCUT2D eigenvalue weighted by Gasteiger charge is 2.54. The fourth-order valence-corrected chi connectivity index (χ4v) is 5.46. The summed E-state index contributed by atoms with van der Waals surface area (Å²) in [5.74, 6) is -0.700.